The maximum Gasteiger partial charge on any atom is 0.326 e. The highest BCUT2D eigenvalue weighted by atomic mass is 16.4. The topological polar surface area (TPSA) is 60.9 Å². The van der Waals surface area contributed by atoms with Crippen LogP contribution in [0.1, 0.15) is 25.3 Å². The Hall–Kier alpha value is -2.04. The first-order valence-electron chi connectivity index (χ1n) is 7.47. The fourth-order valence-electron chi connectivity index (χ4n) is 3.43. The molecule has 1 saturated heterocycles. The molecule has 1 fully saturated rings. The molecular formula is C16H20N2O3. The lowest BCUT2D eigenvalue weighted by molar-refractivity contribution is -0.148. The van der Waals surface area contributed by atoms with Crippen LogP contribution in [0.5, 0.6) is 0 Å². The summed E-state index contributed by atoms with van der Waals surface area (Å²) in [5.74, 6) is -0.966. The molecule has 2 unspecified atom stereocenters. The molecule has 2 aliphatic rings. The van der Waals surface area contributed by atoms with Crippen LogP contribution in [0.3, 0.4) is 0 Å². The predicted octanol–water partition coefficient (Wildman–Crippen LogP) is 1.51. The van der Waals surface area contributed by atoms with Crippen LogP contribution in [0.15, 0.2) is 24.3 Å². The Kier molecular flexibility index (Phi) is 3.57. The molecule has 1 aromatic carbocycles. The lowest BCUT2D eigenvalue weighted by Crippen LogP contribution is -2.50. The Balaban J connectivity index is 1.78. The standard InChI is InChI=1S/C16H20N2O3/c1-11(15(19)18-9-4-7-14(18)16(20)21)17-10-8-12-5-2-3-6-13(12)17/h2-3,5-6,11,14H,4,7-10H2,1H3,(H,20,21). The molecule has 21 heavy (non-hydrogen) atoms. The van der Waals surface area contributed by atoms with Crippen molar-refractivity contribution in [1.82, 2.24) is 4.90 Å². The summed E-state index contributed by atoms with van der Waals surface area (Å²) < 4.78 is 0. The highest BCUT2D eigenvalue weighted by Crippen LogP contribution is 2.30. The van der Waals surface area contributed by atoms with E-state index in [1.54, 1.807) is 0 Å². The Morgan fingerprint density at radius 2 is 2.05 bits per heavy atom. The van der Waals surface area contributed by atoms with E-state index in [1.807, 2.05) is 25.1 Å². The zero-order valence-electron chi connectivity index (χ0n) is 12.2. The van der Waals surface area contributed by atoms with E-state index in [1.165, 1.54) is 10.5 Å². The molecule has 0 bridgehead atoms. The van der Waals surface area contributed by atoms with Crippen LogP contribution in [-0.4, -0.2) is 47.1 Å². The van der Waals surface area contributed by atoms with E-state index >= 15 is 0 Å². The van der Waals surface area contributed by atoms with Crippen LogP contribution in [0, 0.1) is 0 Å². The number of hydrogen-bond acceptors (Lipinski definition) is 3. The Bertz CT molecular complexity index is 572. The second-order valence-electron chi connectivity index (χ2n) is 5.78. The zero-order chi connectivity index (χ0) is 15.0. The van der Waals surface area contributed by atoms with E-state index in [4.69, 9.17) is 0 Å². The van der Waals surface area contributed by atoms with Gasteiger partial charge in [-0.1, -0.05) is 18.2 Å². The number of carbonyl (C=O) groups excluding carboxylic acids is 1. The van der Waals surface area contributed by atoms with Crippen molar-refractivity contribution in [2.45, 2.75) is 38.3 Å². The van der Waals surface area contributed by atoms with Gasteiger partial charge in [-0.25, -0.2) is 4.79 Å². The van der Waals surface area contributed by atoms with Crippen molar-refractivity contribution in [3.63, 3.8) is 0 Å². The van der Waals surface area contributed by atoms with Crippen LogP contribution in [0.25, 0.3) is 0 Å². The molecule has 112 valence electrons. The summed E-state index contributed by atoms with van der Waals surface area (Å²) >= 11 is 0. The second-order valence-corrected chi connectivity index (χ2v) is 5.78. The summed E-state index contributed by atoms with van der Waals surface area (Å²) in [6.07, 6.45) is 2.27. The lowest BCUT2D eigenvalue weighted by Gasteiger charge is -2.31. The van der Waals surface area contributed by atoms with Gasteiger partial charge in [0, 0.05) is 18.8 Å². The zero-order valence-corrected chi connectivity index (χ0v) is 12.2. The number of hydrogen-bond donors (Lipinski definition) is 1. The van der Waals surface area contributed by atoms with Crippen molar-refractivity contribution in [2.24, 2.45) is 0 Å². The van der Waals surface area contributed by atoms with Gasteiger partial charge in [-0.2, -0.15) is 0 Å². The van der Waals surface area contributed by atoms with Crippen LogP contribution < -0.4 is 4.90 Å². The maximum atomic E-state index is 12.7. The van der Waals surface area contributed by atoms with Gasteiger partial charge in [0.25, 0.3) is 0 Å². The smallest absolute Gasteiger partial charge is 0.326 e. The molecule has 5 nitrogen and oxygen atoms in total. The number of fused-ring (bicyclic) bond motifs is 1. The van der Waals surface area contributed by atoms with Gasteiger partial charge in [0.05, 0.1) is 0 Å². The lowest BCUT2D eigenvalue weighted by atomic mass is 10.1. The molecule has 0 radical (unpaired) electrons. The van der Waals surface area contributed by atoms with Gasteiger partial charge >= 0.3 is 5.97 Å². The van der Waals surface area contributed by atoms with Gasteiger partial charge in [-0.05, 0) is 37.8 Å². The molecule has 1 aromatic rings. The van der Waals surface area contributed by atoms with Gasteiger partial charge in [-0.3, -0.25) is 4.79 Å². The van der Waals surface area contributed by atoms with Crippen molar-refractivity contribution >= 4 is 17.6 Å². The van der Waals surface area contributed by atoms with Crippen LogP contribution in [0.4, 0.5) is 5.69 Å². The summed E-state index contributed by atoms with van der Waals surface area (Å²) in [4.78, 5) is 27.6. The Labute approximate surface area is 124 Å². The molecular weight excluding hydrogens is 268 g/mol. The summed E-state index contributed by atoms with van der Waals surface area (Å²) in [5, 5.41) is 9.23. The van der Waals surface area contributed by atoms with E-state index in [0.717, 1.165) is 25.1 Å². The first kappa shape index (κ1) is 13.9. The summed E-state index contributed by atoms with van der Waals surface area (Å²) in [5.41, 5.74) is 2.36. The van der Waals surface area contributed by atoms with Crippen LogP contribution in [-0.2, 0) is 16.0 Å². The molecule has 3 rings (SSSR count). The van der Waals surface area contributed by atoms with E-state index in [2.05, 4.69) is 11.0 Å². The van der Waals surface area contributed by atoms with Crippen LogP contribution >= 0.6 is 0 Å². The van der Waals surface area contributed by atoms with Crippen LogP contribution in [0.2, 0.25) is 0 Å². The van der Waals surface area contributed by atoms with Gasteiger partial charge in [0.2, 0.25) is 5.91 Å². The van der Waals surface area contributed by atoms with E-state index in [-0.39, 0.29) is 11.9 Å². The number of aliphatic carboxylic acids is 1. The number of carbonyl (C=O) groups is 2. The predicted molar refractivity (Wildman–Crippen MR) is 79.3 cm³/mol. The first-order chi connectivity index (χ1) is 10.1. The molecule has 2 heterocycles. The quantitative estimate of drug-likeness (QED) is 0.916. The number of para-hydroxylation sites is 1. The van der Waals surface area contributed by atoms with Crippen molar-refractivity contribution in [3.05, 3.63) is 29.8 Å². The highest BCUT2D eigenvalue weighted by Gasteiger charge is 2.38. The third kappa shape index (κ3) is 2.37. The summed E-state index contributed by atoms with van der Waals surface area (Å²) in [6, 6.07) is 7.14. The minimum atomic E-state index is -0.894. The fourth-order valence-corrected chi connectivity index (χ4v) is 3.43. The highest BCUT2D eigenvalue weighted by molar-refractivity contribution is 5.90. The van der Waals surface area contributed by atoms with Gasteiger partial charge in [0.15, 0.2) is 0 Å². The largest absolute Gasteiger partial charge is 0.480 e. The van der Waals surface area contributed by atoms with E-state index in [9.17, 15) is 14.7 Å². The Morgan fingerprint density at radius 3 is 2.81 bits per heavy atom. The number of amides is 1. The third-order valence-electron chi connectivity index (χ3n) is 4.57. The second kappa shape index (κ2) is 5.39. The number of carboxylic acids is 1. The normalized spacial score (nSPS) is 22.2. The number of likely N-dealkylation sites (tertiary alicyclic amines) is 1. The number of nitrogens with zero attached hydrogens (tertiary/aromatic N) is 2. The number of carboxylic acid groups (broad SMARTS) is 1. The molecule has 0 aromatic heterocycles. The fraction of sp³-hybridized carbons (Fsp3) is 0.500. The molecule has 1 amide bonds. The minimum absolute atomic E-state index is 0.0726. The minimum Gasteiger partial charge on any atom is -0.480 e. The maximum absolute atomic E-state index is 12.7. The van der Waals surface area contributed by atoms with Gasteiger partial charge in [-0.15, -0.1) is 0 Å². The third-order valence-corrected chi connectivity index (χ3v) is 4.57. The molecule has 5 heteroatoms. The first-order valence-corrected chi connectivity index (χ1v) is 7.47. The van der Waals surface area contributed by atoms with Crippen molar-refractivity contribution in [2.75, 3.05) is 18.0 Å². The molecule has 1 N–H and O–H groups in total. The Morgan fingerprint density at radius 1 is 1.29 bits per heavy atom. The van der Waals surface area contributed by atoms with Crippen molar-refractivity contribution in [1.29, 1.82) is 0 Å². The van der Waals surface area contributed by atoms with Crippen molar-refractivity contribution < 1.29 is 14.7 Å². The molecule has 0 spiro atoms. The molecule has 2 atom stereocenters. The summed E-state index contributed by atoms with van der Waals surface area (Å²) in [6.45, 7) is 3.25. The van der Waals surface area contributed by atoms with E-state index in [0.29, 0.717) is 13.0 Å². The number of benzene rings is 1. The van der Waals surface area contributed by atoms with E-state index < -0.39 is 12.0 Å². The monoisotopic (exact) mass is 288 g/mol. The number of rotatable bonds is 3. The average Bonchev–Trinajstić information content (AvgIpc) is 3.12. The SMILES string of the molecule is CC(C(=O)N1CCCC1C(=O)O)N1CCc2ccccc21. The van der Waals surface area contributed by atoms with Gasteiger partial charge < -0.3 is 14.9 Å². The molecule has 2 aliphatic heterocycles. The molecule has 0 aliphatic carbocycles. The van der Waals surface area contributed by atoms with Crippen molar-refractivity contribution in [3.8, 4) is 0 Å². The molecule has 0 saturated carbocycles. The number of anilines is 1. The average molecular weight is 288 g/mol. The summed E-state index contributed by atoms with van der Waals surface area (Å²) in [7, 11) is 0. The van der Waals surface area contributed by atoms with Gasteiger partial charge in [0.1, 0.15) is 12.1 Å².